The molecule has 0 unspecified atom stereocenters. The van der Waals surface area contributed by atoms with E-state index in [4.69, 9.17) is 15.2 Å². The maximum Gasteiger partial charge on any atom is 0.193 e. The molecule has 0 aliphatic carbocycles. The summed E-state index contributed by atoms with van der Waals surface area (Å²) in [4.78, 5) is 4.20. The molecule has 0 spiro atoms. The fourth-order valence-corrected chi connectivity index (χ4v) is 2.00. The molecule has 118 valence electrons. The third-order valence-corrected chi connectivity index (χ3v) is 3.33. The smallest absolute Gasteiger partial charge is 0.193 e. The second-order valence-corrected chi connectivity index (χ2v) is 4.89. The highest BCUT2D eigenvalue weighted by molar-refractivity contribution is 14.0. The topological polar surface area (TPSA) is 89.1 Å². The van der Waals surface area contributed by atoms with Crippen LogP contribution >= 0.6 is 24.0 Å². The number of ether oxygens (including phenoxy) is 2. The van der Waals surface area contributed by atoms with E-state index in [9.17, 15) is 5.11 Å². The van der Waals surface area contributed by atoms with Gasteiger partial charge in [-0.2, -0.15) is 0 Å². The molecule has 0 aromatic heterocycles. The molecule has 1 aliphatic heterocycles. The van der Waals surface area contributed by atoms with Crippen LogP contribution in [0, 0.1) is 0 Å². The fraction of sp³-hybridized carbons (Fsp3) is 0.500. The predicted molar refractivity (Wildman–Crippen MR) is 93.5 cm³/mol. The van der Waals surface area contributed by atoms with Crippen molar-refractivity contribution in [2.75, 3.05) is 32.2 Å². The van der Waals surface area contributed by atoms with Crippen molar-refractivity contribution >= 4 is 35.6 Å². The summed E-state index contributed by atoms with van der Waals surface area (Å²) in [6, 6.07) is 7.37. The van der Waals surface area contributed by atoms with E-state index >= 15 is 0 Å². The van der Waals surface area contributed by atoms with Crippen molar-refractivity contribution in [1.82, 2.24) is 0 Å². The summed E-state index contributed by atoms with van der Waals surface area (Å²) >= 11 is 0. The van der Waals surface area contributed by atoms with Gasteiger partial charge in [-0.1, -0.05) is 0 Å². The molecule has 0 bridgehead atoms. The van der Waals surface area contributed by atoms with Gasteiger partial charge in [0.25, 0.3) is 0 Å². The Bertz CT molecular complexity index is 459. The summed E-state index contributed by atoms with van der Waals surface area (Å²) in [5.41, 5.74) is 5.84. The van der Waals surface area contributed by atoms with Gasteiger partial charge in [-0.15, -0.1) is 24.0 Å². The second kappa shape index (κ2) is 8.40. The Kier molecular flexibility index (Phi) is 7.20. The number of nitrogens with zero attached hydrogens (tertiary/aromatic N) is 1. The van der Waals surface area contributed by atoms with Gasteiger partial charge in [-0.25, -0.2) is 0 Å². The Morgan fingerprint density at radius 3 is 2.57 bits per heavy atom. The van der Waals surface area contributed by atoms with Crippen molar-refractivity contribution in [3.05, 3.63) is 24.3 Å². The van der Waals surface area contributed by atoms with Crippen molar-refractivity contribution in [2.24, 2.45) is 10.7 Å². The zero-order valence-corrected chi connectivity index (χ0v) is 14.4. The highest BCUT2D eigenvalue weighted by atomic mass is 127. The molecule has 0 atom stereocenters. The Morgan fingerprint density at radius 1 is 1.38 bits per heavy atom. The van der Waals surface area contributed by atoms with Crippen LogP contribution in [0.3, 0.4) is 0 Å². The molecule has 6 nitrogen and oxygen atoms in total. The summed E-state index contributed by atoms with van der Waals surface area (Å²) in [6.45, 7) is 1.42. The lowest BCUT2D eigenvalue weighted by Crippen LogP contribution is -2.40. The first-order chi connectivity index (χ1) is 9.61. The van der Waals surface area contributed by atoms with Gasteiger partial charge < -0.3 is 25.6 Å². The third kappa shape index (κ3) is 5.68. The summed E-state index contributed by atoms with van der Waals surface area (Å²) in [7, 11) is 1.62. The lowest BCUT2D eigenvalue weighted by molar-refractivity contribution is -0.0565. The minimum absolute atomic E-state index is 0. The molecule has 1 saturated heterocycles. The maximum absolute atomic E-state index is 10.3. The molecule has 0 saturated carbocycles. The van der Waals surface area contributed by atoms with Crippen LogP contribution in [0.2, 0.25) is 0 Å². The highest BCUT2D eigenvalue weighted by Gasteiger charge is 2.29. The molecule has 4 N–H and O–H groups in total. The number of aliphatic hydroxyl groups is 1. The van der Waals surface area contributed by atoms with E-state index in [-0.39, 0.29) is 36.5 Å². The lowest BCUT2D eigenvalue weighted by atomic mass is 9.95. The van der Waals surface area contributed by atoms with Crippen molar-refractivity contribution < 1.29 is 14.6 Å². The predicted octanol–water partition coefficient (Wildman–Crippen LogP) is 1.58. The van der Waals surface area contributed by atoms with E-state index in [1.807, 2.05) is 24.3 Å². The number of hydrogen-bond donors (Lipinski definition) is 3. The van der Waals surface area contributed by atoms with Crippen LogP contribution in [0.4, 0.5) is 5.69 Å². The Morgan fingerprint density at radius 2 is 2.00 bits per heavy atom. The van der Waals surface area contributed by atoms with Crippen LogP contribution in [-0.2, 0) is 4.74 Å². The molecular formula is C14H22IN3O3. The number of nitrogens with two attached hydrogens (primary N) is 1. The normalized spacial score (nSPS) is 17.7. The van der Waals surface area contributed by atoms with Crippen LogP contribution in [-0.4, -0.2) is 43.5 Å². The SMILES string of the molecule is COc1ccc(NC(N)=NCC2(O)CCOCC2)cc1.I. The summed E-state index contributed by atoms with van der Waals surface area (Å²) in [5, 5.41) is 13.2. The summed E-state index contributed by atoms with van der Waals surface area (Å²) < 4.78 is 10.3. The molecule has 21 heavy (non-hydrogen) atoms. The highest BCUT2D eigenvalue weighted by Crippen LogP contribution is 2.20. The van der Waals surface area contributed by atoms with Gasteiger partial charge in [0.15, 0.2) is 5.96 Å². The van der Waals surface area contributed by atoms with E-state index in [1.54, 1.807) is 7.11 Å². The number of halogens is 1. The number of methoxy groups -OCH3 is 1. The van der Waals surface area contributed by atoms with Gasteiger partial charge >= 0.3 is 0 Å². The largest absolute Gasteiger partial charge is 0.497 e. The average Bonchev–Trinajstić information content (AvgIpc) is 2.47. The molecule has 7 heteroatoms. The molecule has 1 heterocycles. The molecule has 2 rings (SSSR count). The van der Waals surface area contributed by atoms with E-state index in [0.717, 1.165) is 11.4 Å². The molecule has 1 aliphatic rings. The molecule has 1 aromatic rings. The zero-order chi connectivity index (χ0) is 14.4. The van der Waals surface area contributed by atoms with Gasteiger partial charge in [0.05, 0.1) is 19.3 Å². The van der Waals surface area contributed by atoms with Crippen molar-refractivity contribution in [2.45, 2.75) is 18.4 Å². The number of anilines is 1. The van der Waals surface area contributed by atoms with E-state index in [1.165, 1.54) is 0 Å². The van der Waals surface area contributed by atoms with Gasteiger partial charge in [0.2, 0.25) is 0 Å². The maximum atomic E-state index is 10.3. The van der Waals surface area contributed by atoms with Crippen LogP contribution in [0.1, 0.15) is 12.8 Å². The van der Waals surface area contributed by atoms with Gasteiger partial charge in [0, 0.05) is 31.7 Å². The zero-order valence-electron chi connectivity index (χ0n) is 12.0. The minimum atomic E-state index is -0.801. The average molecular weight is 407 g/mol. The number of aliphatic imine (C=N–C) groups is 1. The van der Waals surface area contributed by atoms with Crippen molar-refractivity contribution in [3.8, 4) is 5.75 Å². The van der Waals surface area contributed by atoms with Crippen LogP contribution < -0.4 is 15.8 Å². The third-order valence-electron chi connectivity index (χ3n) is 3.33. The van der Waals surface area contributed by atoms with Crippen LogP contribution in [0.25, 0.3) is 0 Å². The minimum Gasteiger partial charge on any atom is -0.497 e. The van der Waals surface area contributed by atoms with Crippen LogP contribution in [0.15, 0.2) is 29.3 Å². The molecular weight excluding hydrogens is 385 g/mol. The van der Waals surface area contributed by atoms with Gasteiger partial charge in [0.1, 0.15) is 5.75 Å². The molecule has 1 aromatic carbocycles. The Labute approximate surface area is 141 Å². The van der Waals surface area contributed by atoms with E-state index in [2.05, 4.69) is 10.3 Å². The quantitative estimate of drug-likeness (QED) is 0.401. The van der Waals surface area contributed by atoms with Crippen LogP contribution in [0.5, 0.6) is 5.75 Å². The number of nitrogens with one attached hydrogen (secondary N) is 1. The number of rotatable bonds is 4. The van der Waals surface area contributed by atoms with E-state index in [0.29, 0.717) is 26.1 Å². The second-order valence-electron chi connectivity index (χ2n) is 4.89. The Hall–Kier alpha value is -1.06. The first-order valence-corrected chi connectivity index (χ1v) is 6.62. The van der Waals surface area contributed by atoms with Gasteiger partial charge in [-0.05, 0) is 24.3 Å². The number of benzene rings is 1. The van der Waals surface area contributed by atoms with Crippen molar-refractivity contribution in [1.29, 1.82) is 0 Å². The number of guanidine groups is 1. The molecule has 1 fully saturated rings. The summed E-state index contributed by atoms with van der Waals surface area (Å²) in [6.07, 6.45) is 1.18. The van der Waals surface area contributed by atoms with Gasteiger partial charge in [-0.3, -0.25) is 4.99 Å². The van der Waals surface area contributed by atoms with E-state index < -0.39 is 5.60 Å². The standard InChI is InChI=1S/C14H21N3O3.HI/c1-19-12-4-2-11(3-5-12)17-13(15)16-10-14(18)6-8-20-9-7-14;/h2-5,18H,6-10H2,1H3,(H3,15,16,17);1H. The molecule has 0 amide bonds. The first-order valence-electron chi connectivity index (χ1n) is 6.62. The van der Waals surface area contributed by atoms with Crippen molar-refractivity contribution in [3.63, 3.8) is 0 Å². The number of hydrogen-bond acceptors (Lipinski definition) is 4. The first kappa shape index (κ1) is 18.0. The fourth-order valence-electron chi connectivity index (χ4n) is 2.00. The monoisotopic (exact) mass is 407 g/mol. The Balaban J connectivity index is 0.00000220. The summed E-state index contributed by atoms with van der Waals surface area (Å²) in [5.74, 6) is 1.07. The molecule has 0 radical (unpaired) electrons. The lowest BCUT2D eigenvalue weighted by Gasteiger charge is -2.30.